The summed E-state index contributed by atoms with van der Waals surface area (Å²) >= 11 is 0. The molecule has 0 spiro atoms. The number of hydrogen-bond acceptors (Lipinski definition) is 4. The van der Waals surface area contributed by atoms with Crippen molar-refractivity contribution >= 4 is 5.95 Å². The van der Waals surface area contributed by atoms with Crippen LogP contribution in [0.4, 0.5) is 5.95 Å². The third-order valence-corrected chi connectivity index (χ3v) is 3.93. The molecule has 3 rings (SSSR count). The maximum absolute atomic E-state index is 6.02. The Morgan fingerprint density at radius 2 is 2.05 bits per heavy atom. The Morgan fingerprint density at radius 1 is 1.30 bits per heavy atom. The predicted octanol–water partition coefficient (Wildman–Crippen LogP) is 2.02. The smallest absolute Gasteiger partial charge is 0.245 e. The Labute approximate surface area is 119 Å². The first kappa shape index (κ1) is 13.1. The number of H-pyrrole nitrogens is 1. The molecule has 0 aliphatic carbocycles. The van der Waals surface area contributed by atoms with Gasteiger partial charge in [-0.05, 0) is 37.8 Å². The maximum atomic E-state index is 6.02. The quantitative estimate of drug-likeness (QED) is 0.876. The lowest BCUT2D eigenvalue weighted by molar-refractivity contribution is 0.500. The van der Waals surface area contributed by atoms with Gasteiger partial charge in [-0.25, -0.2) is 0 Å². The van der Waals surface area contributed by atoms with E-state index in [1.54, 1.807) is 0 Å². The van der Waals surface area contributed by atoms with E-state index in [1.165, 1.54) is 11.1 Å². The van der Waals surface area contributed by atoms with Crippen molar-refractivity contribution < 1.29 is 0 Å². The van der Waals surface area contributed by atoms with E-state index >= 15 is 0 Å². The number of aryl methyl sites for hydroxylation is 2. The standard InChI is InChI=1S/C15H21N5/c1-10-5-3-6-11(2)13(10)14-17-15(19-18-14)20-8-4-7-12(16)9-20/h3,5-6,12H,4,7-9,16H2,1-2H3,(H,17,18,19). The van der Waals surface area contributed by atoms with E-state index in [2.05, 4.69) is 52.1 Å². The number of rotatable bonds is 2. The van der Waals surface area contributed by atoms with Gasteiger partial charge in [0, 0.05) is 24.7 Å². The predicted molar refractivity (Wildman–Crippen MR) is 80.7 cm³/mol. The molecule has 106 valence electrons. The molecule has 0 bridgehead atoms. The molecule has 0 saturated carbocycles. The van der Waals surface area contributed by atoms with E-state index in [0.29, 0.717) is 0 Å². The summed E-state index contributed by atoms with van der Waals surface area (Å²) in [6.45, 7) is 6.02. The van der Waals surface area contributed by atoms with Crippen LogP contribution in [0.5, 0.6) is 0 Å². The first-order valence-electron chi connectivity index (χ1n) is 7.14. The molecule has 1 aromatic heterocycles. The van der Waals surface area contributed by atoms with Gasteiger partial charge in [0.2, 0.25) is 5.95 Å². The molecule has 2 aromatic rings. The van der Waals surface area contributed by atoms with Crippen molar-refractivity contribution in [3.05, 3.63) is 29.3 Å². The summed E-state index contributed by atoms with van der Waals surface area (Å²) in [6, 6.07) is 6.49. The van der Waals surface area contributed by atoms with Crippen molar-refractivity contribution in [2.24, 2.45) is 5.73 Å². The van der Waals surface area contributed by atoms with Gasteiger partial charge in [-0.2, -0.15) is 4.98 Å². The number of benzene rings is 1. The second kappa shape index (κ2) is 5.25. The van der Waals surface area contributed by atoms with Gasteiger partial charge in [0.1, 0.15) is 0 Å². The number of hydrogen-bond donors (Lipinski definition) is 2. The summed E-state index contributed by atoms with van der Waals surface area (Å²) in [5.74, 6) is 1.60. The summed E-state index contributed by atoms with van der Waals surface area (Å²) in [5.41, 5.74) is 9.59. The van der Waals surface area contributed by atoms with Crippen LogP contribution in [0.3, 0.4) is 0 Å². The summed E-state index contributed by atoms with van der Waals surface area (Å²) in [4.78, 5) is 6.83. The second-order valence-electron chi connectivity index (χ2n) is 5.60. The molecule has 5 heteroatoms. The van der Waals surface area contributed by atoms with Crippen LogP contribution in [0.15, 0.2) is 18.2 Å². The molecule has 1 atom stereocenters. The number of nitrogens with two attached hydrogens (primary N) is 1. The maximum Gasteiger partial charge on any atom is 0.245 e. The Kier molecular flexibility index (Phi) is 3.44. The Hall–Kier alpha value is -1.88. The van der Waals surface area contributed by atoms with Crippen LogP contribution in [-0.2, 0) is 0 Å². The van der Waals surface area contributed by atoms with E-state index in [-0.39, 0.29) is 6.04 Å². The van der Waals surface area contributed by atoms with Crippen molar-refractivity contribution in [2.75, 3.05) is 18.0 Å². The minimum Gasteiger partial charge on any atom is -0.338 e. The number of nitrogens with one attached hydrogen (secondary N) is 1. The topological polar surface area (TPSA) is 70.8 Å². The van der Waals surface area contributed by atoms with E-state index < -0.39 is 0 Å². The van der Waals surface area contributed by atoms with Gasteiger partial charge in [0.05, 0.1) is 0 Å². The van der Waals surface area contributed by atoms with Gasteiger partial charge in [0.25, 0.3) is 0 Å². The number of aromatic amines is 1. The van der Waals surface area contributed by atoms with Gasteiger partial charge in [-0.15, -0.1) is 5.10 Å². The number of piperidine rings is 1. The molecule has 20 heavy (non-hydrogen) atoms. The van der Waals surface area contributed by atoms with E-state index in [1.807, 2.05) is 0 Å². The summed E-state index contributed by atoms with van der Waals surface area (Å²) < 4.78 is 0. The molecule has 1 fully saturated rings. The molecule has 2 heterocycles. The zero-order chi connectivity index (χ0) is 14.1. The fourth-order valence-electron chi connectivity index (χ4n) is 2.89. The molecular weight excluding hydrogens is 250 g/mol. The first-order valence-corrected chi connectivity index (χ1v) is 7.14. The average Bonchev–Trinajstić information content (AvgIpc) is 2.88. The van der Waals surface area contributed by atoms with Crippen LogP contribution in [0.1, 0.15) is 24.0 Å². The van der Waals surface area contributed by atoms with E-state index in [4.69, 9.17) is 5.73 Å². The zero-order valence-electron chi connectivity index (χ0n) is 12.1. The highest BCUT2D eigenvalue weighted by Gasteiger charge is 2.21. The van der Waals surface area contributed by atoms with Crippen molar-refractivity contribution in [3.8, 4) is 11.4 Å². The van der Waals surface area contributed by atoms with Crippen LogP contribution in [0, 0.1) is 13.8 Å². The normalized spacial score (nSPS) is 19.4. The van der Waals surface area contributed by atoms with Crippen LogP contribution in [0.25, 0.3) is 11.4 Å². The first-order chi connectivity index (χ1) is 9.65. The summed E-state index contributed by atoms with van der Waals surface area (Å²) in [5, 5.41) is 7.44. The second-order valence-corrected chi connectivity index (χ2v) is 5.60. The SMILES string of the molecule is Cc1cccc(C)c1-c1nc(N2CCCC(N)C2)n[nH]1. The molecule has 1 aliphatic rings. The number of nitrogens with zero attached hydrogens (tertiary/aromatic N) is 3. The summed E-state index contributed by atoms with van der Waals surface area (Å²) in [6.07, 6.45) is 2.19. The van der Waals surface area contributed by atoms with Crippen LogP contribution >= 0.6 is 0 Å². The zero-order valence-corrected chi connectivity index (χ0v) is 12.1. The highest BCUT2D eigenvalue weighted by atomic mass is 15.4. The largest absolute Gasteiger partial charge is 0.338 e. The lowest BCUT2D eigenvalue weighted by Crippen LogP contribution is -2.43. The molecule has 5 nitrogen and oxygen atoms in total. The molecule has 1 aliphatic heterocycles. The fraction of sp³-hybridized carbons (Fsp3) is 0.467. The van der Waals surface area contributed by atoms with Crippen molar-refractivity contribution in [2.45, 2.75) is 32.7 Å². The van der Waals surface area contributed by atoms with E-state index in [0.717, 1.165) is 43.3 Å². The minimum absolute atomic E-state index is 0.228. The molecule has 0 amide bonds. The minimum atomic E-state index is 0.228. The molecule has 1 unspecified atom stereocenters. The highest BCUT2D eigenvalue weighted by Crippen LogP contribution is 2.25. The van der Waals surface area contributed by atoms with Crippen LogP contribution < -0.4 is 10.6 Å². The molecule has 1 aromatic carbocycles. The van der Waals surface area contributed by atoms with Crippen molar-refractivity contribution in [1.82, 2.24) is 15.2 Å². The summed E-state index contributed by atoms with van der Waals surface area (Å²) in [7, 11) is 0. The van der Waals surface area contributed by atoms with Gasteiger partial charge in [0.15, 0.2) is 5.82 Å². The fourth-order valence-corrected chi connectivity index (χ4v) is 2.89. The van der Waals surface area contributed by atoms with Crippen molar-refractivity contribution in [1.29, 1.82) is 0 Å². The molecule has 1 saturated heterocycles. The average molecular weight is 271 g/mol. The Bertz CT molecular complexity index is 584. The monoisotopic (exact) mass is 271 g/mol. The third kappa shape index (κ3) is 2.41. The number of anilines is 1. The number of aromatic nitrogens is 3. The lowest BCUT2D eigenvalue weighted by atomic mass is 10.0. The third-order valence-electron chi connectivity index (χ3n) is 3.93. The Balaban J connectivity index is 1.90. The van der Waals surface area contributed by atoms with Gasteiger partial charge in [-0.1, -0.05) is 18.2 Å². The molecule has 0 radical (unpaired) electrons. The van der Waals surface area contributed by atoms with E-state index in [9.17, 15) is 0 Å². The van der Waals surface area contributed by atoms with Crippen LogP contribution in [-0.4, -0.2) is 34.3 Å². The lowest BCUT2D eigenvalue weighted by Gasteiger charge is -2.29. The van der Waals surface area contributed by atoms with Gasteiger partial charge < -0.3 is 10.6 Å². The molecular formula is C15H21N5. The van der Waals surface area contributed by atoms with Gasteiger partial charge in [-0.3, -0.25) is 5.10 Å². The molecule has 3 N–H and O–H groups in total. The highest BCUT2D eigenvalue weighted by molar-refractivity contribution is 5.65. The van der Waals surface area contributed by atoms with Crippen LogP contribution in [0.2, 0.25) is 0 Å². The Morgan fingerprint density at radius 3 is 2.75 bits per heavy atom. The van der Waals surface area contributed by atoms with Crippen molar-refractivity contribution in [3.63, 3.8) is 0 Å². The van der Waals surface area contributed by atoms with Gasteiger partial charge >= 0.3 is 0 Å².